The summed E-state index contributed by atoms with van der Waals surface area (Å²) < 4.78 is 5.49. The van der Waals surface area contributed by atoms with Crippen LogP contribution in [-0.4, -0.2) is 54.3 Å². The third kappa shape index (κ3) is 3.28. The van der Waals surface area contributed by atoms with Crippen molar-refractivity contribution in [2.75, 3.05) is 44.3 Å². The molecular weight excluding hydrogens is 356 g/mol. The highest BCUT2D eigenvalue weighted by Crippen LogP contribution is 2.40. The minimum absolute atomic E-state index is 0.780. The standard InChI is InChI=1S/C21H28N4OS/c1-14-15(2)27-21-19(14)20(25-11-16-5-3-4-6-17(16)12-25)22-18(23-21)13-24-7-9-26-10-8-24/h3-4,16-17H,5-13H2,1-2H3. The summed E-state index contributed by atoms with van der Waals surface area (Å²) in [5.41, 5.74) is 1.36. The molecule has 0 radical (unpaired) electrons. The lowest BCUT2D eigenvalue weighted by Crippen LogP contribution is -2.36. The number of ether oxygens (including phenoxy) is 1. The number of aryl methyl sites for hydroxylation is 2. The van der Waals surface area contributed by atoms with Gasteiger partial charge in [-0.2, -0.15) is 0 Å². The molecule has 2 unspecified atom stereocenters. The number of aromatic nitrogens is 2. The summed E-state index contributed by atoms with van der Waals surface area (Å²) in [6.45, 7) is 11.1. The van der Waals surface area contributed by atoms with Crippen LogP contribution in [0.15, 0.2) is 12.2 Å². The normalized spacial score (nSPS) is 26.1. The molecule has 27 heavy (non-hydrogen) atoms. The molecule has 2 aromatic rings. The van der Waals surface area contributed by atoms with E-state index in [0.717, 1.165) is 68.4 Å². The van der Waals surface area contributed by atoms with Gasteiger partial charge in [0.05, 0.1) is 25.1 Å². The molecule has 0 spiro atoms. The topological polar surface area (TPSA) is 41.5 Å². The average Bonchev–Trinajstić information content (AvgIpc) is 3.23. The highest BCUT2D eigenvalue weighted by molar-refractivity contribution is 7.18. The highest BCUT2D eigenvalue weighted by Gasteiger charge is 2.35. The lowest BCUT2D eigenvalue weighted by molar-refractivity contribution is 0.0331. The second-order valence-corrected chi connectivity index (χ2v) is 9.39. The van der Waals surface area contributed by atoms with Gasteiger partial charge in [0.25, 0.3) is 0 Å². The molecule has 1 aliphatic carbocycles. The smallest absolute Gasteiger partial charge is 0.146 e. The van der Waals surface area contributed by atoms with Crippen LogP contribution in [0, 0.1) is 25.7 Å². The van der Waals surface area contributed by atoms with Gasteiger partial charge < -0.3 is 9.64 Å². The second-order valence-electron chi connectivity index (χ2n) is 8.18. The number of nitrogens with zero attached hydrogens (tertiary/aromatic N) is 4. The van der Waals surface area contributed by atoms with Crippen LogP contribution in [0.5, 0.6) is 0 Å². The molecule has 6 heteroatoms. The van der Waals surface area contributed by atoms with E-state index in [-0.39, 0.29) is 0 Å². The van der Waals surface area contributed by atoms with Crippen LogP contribution in [0.3, 0.4) is 0 Å². The Kier molecular flexibility index (Phi) is 4.66. The van der Waals surface area contributed by atoms with Crippen LogP contribution >= 0.6 is 11.3 Å². The average molecular weight is 385 g/mol. The van der Waals surface area contributed by atoms with Gasteiger partial charge in [0.15, 0.2) is 0 Å². The first-order valence-electron chi connectivity index (χ1n) is 10.2. The molecular formula is C21H28N4OS. The zero-order valence-corrected chi connectivity index (χ0v) is 17.1. The maximum atomic E-state index is 5.49. The molecule has 0 N–H and O–H groups in total. The molecule has 144 valence electrons. The number of allylic oxidation sites excluding steroid dienone is 2. The van der Waals surface area contributed by atoms with Gasteiger partial charge in [-0.1, -0.05) is 12.2 Å². The zero-order valence-electron chi connectivity index (χ0n) is 16.3. The number of fused-ring (bicyclic) bond motifs is 2. The molecule has 2 saturated heterocycles. The first-order valence-corrected chi connectivity index (χ1v) is 11.0. The number of hydrogen-bond donors (Lipinski definition) is 0. The first-order chi connectivity index (χ1) is 13.2. The highest BCUT2D eigenvalue weighted by atomic mass is 32.1. The lowest BCUT2D eigenvalue weighted by atomic mass is 9.86. The van der Waals surface area contributed by atoms with Crippen LogP contribution < -0.4 is 4.90 Å². The lowest BCUT2D eigenvalue weighted by Gasteiger charge is -2.26. The Bertz CT molecular complexity index is 855. The van der Waals surface area contributed by atoms with Crippen LogP contribution in [-0.2, 0) is 11.3 Å². The summed E-state index contributed by atoms with van der Waals surface area (Å²) in [6.07, 6.45) is 7.17. The van der Waals surface area contributed by atoms with Crippen molar-refractivity contribution >= 4 is 27.4 Å². The molecule has 0 aromatic carbocycles. The predicted molar refractivity (Wildman–Crippen MR) is 111 cm³/mol. The summed E-state index contributed by atoms with van der Waals surface area (Å²) in [5, 5.41) is 1.29. The Morgan fingerprint density at radius 2 is 1.78 bits per heavy atom. The number of anilines is 1. The van der Waals surface area contributed by atoms with E-state index in [1.165, 1.54) is 34.5 Å². The monoisotopic (exact) mass is 384 g/mol. The van der Waals surface area contributed by atoms with Gasteiger partial charge in [-0.15, -0.1) is 11.3 Å². The molecule has 3 aliphatic rings. The van der Waals surface area contributed by atoms with Crippen molar-refractivity contribution in [2.45, 2.75) is 33.2 Å². The predicted octanol–water partition coefficient (Wildman–Crippen LogP) is 3.54. The summed E-state index contributed by atoms with van der Waals surface area (Å²) in [5.74, 6) is 3.71. The van der Waals surface area contributed by atoms with E-state index < -0.39 is 0 Å². The van der Waals surface area contributed by atoms with Crippen molar-refractivity contribution in [2.24, 2.45) is 11.8 Å². The van der Waals surface area contributed by atoms with Crippen molar-refractivity contribution in [3.63, 3.8) is 0 Å². The number of morpholine rings is 1. The summed E-state index contributed by atoms with van der Waals surface area (Å²) in [4.78, 5) is 17.6. The molecule has 2 aliphatic heterocycles. The van der Waals surface area contributed by atoms with Crippen molar-refractivity contribution < 1.29 is 4.74 Å². The fraction of sp³-hybridized carbons (Fsp3) is 0.619. The minimum atomic E-state index is 0.780. The molecule has 0 bridgehead atoms. The van der Waals surface area contributed by atoms with E-state index in [2.05, 4.69) is 35.8 Å². The fourth-order valence-corrected chi connectivity index (χ4v) is 5.76. The molecule has 2 fully saturated rings. The van der Waals surface area contributed by atoms with Gasteiger partial charge in [0.2, 0.25) is 0 Å². The molecule has 2 aromatic heterocycles. The Balaban J connectivity index is 1.51. The van der Waals surface area contributed by atoms with Gasteiger partial charge in [-0.25, -0.2) is 9.97 Å². The Morgan fingerprint density at radius 1 is 1.07 bits per heavy atom. The largest absolute Gasteiger partial charge is 0.379 e. The molecule has 0 saturated carbocycles. The molecule has 5 rings (SSSR count). The van der Waals surface area contributed by atoms with E-state index in [1.807, 2.05) is 11.3 Å². The van der Waals surface area contributed by atoms with E-state index in [0.29, 0.717) is 0 Å². The quantitative estimate of drug-likeness (QED) is 0.757. The van der Waals surface area contributed by atoms with Gasteiger partial charge >= 0.3 is 0 Å². The maximum Gasteiger partial charge on any atom is 0.146 e. The summed E-state index contributed by atoms with van der Waals surface area (Å²) in [6, 6.07) is 0. The van der Waals surface area contributed by atoms with Gasteiger partial charge in [-0.3, -0.25) is 4.90 Å². The third-order valence-corrected chi connectivity index (χ3v) is 7.55. The number of rotatable bonds is 3. The van der Waals surface area contributed by atoms with Crippen molar-refractivity contribution in [3.8, 4) is 0 Å². The van der Waals surface area contributed by atoms with Crippen LogP contribution in [0.25, 0.3) is 10.2 Å². The third-order valence-electron chi connectivity index (χ3n) is 6.44. The van der Waals surface area contributed by atoms with Crippen molar-refractivity contribution in [1.82, 2.24) is 14.9 Å². The first kappa shape index (κ1) is 17.6. The second kappa shape index (κ2) is 7.15. The van der Waals surface area contributed by atoms with Crippen LogP contribution in [0.4, 0.5) is 5.82 Å². The molecule has 0 amide bonds. The van der Waals surface area contributed by atoms with Crippen LogP contribution in [0.2, 0.25) is 0 Å². The van der Waals surface area contributed by atoms with Crippen molar-refractivity contribution in [3.05, 3.63) is 28.4 Å². The van der Waals surface area contributed by atoms with Crippen molar-refractivity contribution in [1.29, 1.82) is 0 Å². The Labute approximate surface area is 165 Å². The number of hydrogen-bond acceptors (Lipinski definition) is 6. The van der Waals surface area contributed by atoms with E-state index in [4.69, 9.17) is 14.7 Å². The van der Waals surface area contributed by atoms with E-state index >= 15 is 0 Å². The fourth-order valence-electron chi connectivity index (χ4n) is 4.72. The van der Waals surface area contributed by atoms with Gasteiger partial charge in [0, 0.05) is 31.1 Å². The van der Waals surface area contributed by atoms with E-state index in [9.17, 15) is 0 Å². The molecule has 4 heterocycles. The van der Waals surface area contributed by atoms with E-state index in [1.54, 1.807) is 0 Å². The Hall–Kier alpha value is -1.50. The maximum absolute atomic E-state index is 5.49. The van der Waals surface area contributed by atoms with Gasteiger partial charge in [-0.05, 0) is 44.1 Å². The molecule has 5 nitrogen and oxygen atoms in total. The Morgan fingerprint density at radius 3 is 2.48 bits per heavy atom. The SMILES string of the molecule is Cc1sc2nc(CN3CCOCC3)nc(N3CC4CC=CCC4C3)c2c1C. The molecule has 2 atom stereocenters. The number of thiophene rings is 1. The zero-order chi connectivity index (χ0) is 18.4. The minimum Gasteiger partial charge on any atom is -0.379 e. The van der Waals surface area contributed by atoms with Gasteiger partial charge in [0.1, 0.15) is 16.5 Å². The summed E-state index contributed by atoms with van der Waals surface area (Å²) >= 11 is 1.82. The van der Waals surface area contributed by atoms with Crippen LogP contribution in [0.1, 0.15) is 29.1 Å². The summed E-state index contributed by atoms with van der Waals surface area (Å²) in [7, 11) is 0.